The first-order chi connectivity index (χ1) is 11.5. The van der Waals surface area contributed by atoms with Gasteiger partial charge in [-0.05, 0) is 42.9 Å². The van der Waals surface area contributed by atoms with Crippen molar-refractivity contribution in [1.82, 2.24) is 15.5 Å². The summed E-state index contributed by atoms with van der Waals surface area (Å²) in [5.41, 5.74) is 2.11. The Hall–Kier alpha value is -2.81. The molecule has 0 radical (unpaired) electrons. The van der Waals surface area contributed by atoms with Crippen LogP contribution in [0.3, 0.4) is 0 Å². The summed E-state index contributed by atoms with van der Waals surface area (Å²) in [7, 11) is 0. The van der Waals surface area contributed by atoms with Gasteiger partial charge in [-0.3, -0.25) is 14.5 Å². The Balaban J connectivity index is 1.82. The van der Waals surface area contributed by atoms with Gasteiger partial charge < -0.3 is 10.6 Å². The van der Waals surface area contributed by atoms with E-state index in [1.165, 1.54) is 11.1 Å². The Labute approximate surface area is 140 Å². The minimum Gasteiger partial charge on any atom is -0.344 e. The number of rotatable bonds is 4. The third kappa shape index (κ3) is 2.62. The second-order valence-corrected chi connectivity index (χ2v) is 6.26. The van der Waals surface area contributed by atoms with Crippen LogP contribution in [0, 0.1) is 12.3 Å². The molecule has 1 atom stereocenters. The SMILES string of the molecule is C#CCNC(=O)CN1C(=O)NC(C)(c2ccc3c(c2)CCC3)C1=O. The van der Waals surface area contributed by atoms with Crippen LogP contribution in [0.4, 0.5) is 4.79 Å². The summed E-state index contributed by atoms with van der Waals surface area (Å²) < 4.78 is 0. The molecular formula is C18H19N3O3. The molecule has 1 unspecified atom stereocenters. The van der Waals surface area contributed by atoms with Crippen molar-refractivity contribution in [2.45, 2.75) is 31.7 Å². The van der Waals surface area contributed by atoms with E-state index >= 15 is 0 Å². The lowest BCUT2D eigenvalue weighted by molar-refractivity contribution is -0.134. The Morgan fingerprint density at radius 1 is 1.38 bits per heavy atom. The fourth-order valence-electron chi connectivity index (χ4n) is 3.27. The van der Waals surface area contributed by atoms with Crippen molar-refractivity contribution in [2.24, 2.45) is 0 Å². The lowest BCUT2D eigenvalue weighted by Crippen LogP contribution is -2.43. The van der Waals surface area contributed by atoms with E-state index in [0.29, 0.717) is 0 Å². The van der Waals surface area contributed by atoms with Crippen molar-refractivity contribution in [2.75, 3.05) is 13.1 Å². The molecule has 6 nitrogen and oxygen atoms in total. The first-order valence-electron chi connectivity index (χ1n) is 7.92. The first-order valence-corrected chi connectivity index (χ1v) is 7.92. The zero-order valence-corrected chi connectivity index (χ0v) is 13.5. The van der Waals surface area contributed by atoms with E-state index in [2.05, 4.69) is 16.6 Å². The zero-order chi connectivity index (χ0) is 17.3. The molecule has 2 N–H and O–H groups in total. The van der Waals surface area contributed by atoms with Crippen molar-refractivity contribution in [3.8, 4) is 12.3 Å². The molecule has 124 valence electrons. The van der Waals surface area contributed by atoms with E-state index in [1.54, 1.807) is 6.92 Å². The fourth-order valence-corrected chi connectivity index (χ4v) is 3.27. The smallest absolute Gasteiger partial charge is 0.325 e. The Morgan fingerprint density at radius 3 is 2.88 bits per heavy atom. The van der Waals surface area contributed by atoms with Crippen molar-refractivity contribution in [3.05, 3.63) is 34.9 Å². The normalized spacial score (nSPS) is 22.1. The number of carbonyl (C=O) groups is 3. The van der Waals surface area contributed by atoms with Gasteiger partial charge in [0.15, 0.2) is 0 Å². The number of nitrogens with zero attached hydrogens (tertiary/aromatic N) is 1. The van der Waals surface area contributed by atoms with Crippen molar-refractivity contribution in [1.29, 1.82) is 0 Å². The number of terminal acetylenes is 1. The van der Waals surface area contributed by atoms with E-state index in [9.17, 15) is 14.4 Å². The summed E-state index contributed by atoms with van der Waals surface area (Å²) in [6.45, 7) is 1.39. The summed E-state index contributed by atoms with van der Waals surface area (Å²) in [4.78, 5) is 37.7. The number of aryl methyl sites for hydroxylation is 2. The number of fused-ring (bicyclic) bond motifs is 1. The van der Waals surface area contributed by atoms with Crippen LogP contribution in [0.15, 0.2) is 18.2 Å². The maximum atomic E-state index is 12.8. The number of carbonyl (C=O) groups excluding carboxylic acids is 3. The van der Waals surface area contributed by atoms with E-state index in [-0.39, 0.29) is 13.1 Å². The third-order valence-corrected chi connectivity index (χ3v) is 4.64. The summed E-state index contributed by atoms with van der Waals surface area (Å²) in [6.07, 6.45) is 8.22. The number of urea groups is 1. The Morgan fingerprint density at radius 2 is 2.12 bits per heavy atom. The molecule has 1 heterocycles. The Bertz CT molecular complexity index is 765. The highest BCUT2D eigenvalue weighted by Crippen LogP contribution is 2.32. The molecule has 3 rings (SSSR count). The van der Waals surface area contributed by atoms with Crippen molar-refractivity contribution >= 4 is 17.8 Å². The molecule has 6 heteroatoms. The molecule has 1 aromatic rings. The first kappa shape index (κ1) is 16.1. The highest BCUT2D eigenvalue weighted by molar-refractivity contribution is 6.09. The molecule has 1 aliphatic heterocycles. The van der Waals surface area contributed by atoms with Gasteiger partial charge in [0.25, 0.3) is 5.91 Å². The number of benzene rings is 1. The minimum atomic E-state index is -1.15. The molecule has 0 spiro atoms. The topological polar surface area (TPSA) is 78.5 Å². The molecule has 2 aliphatic rings. The predicted octanol–water partition coefficient (Wildman–Crippen LogP) is 0.692. The number of hydrogen-bond acceptors (Lipinski definition) is 3. The van der Waals surface area contributed by atoms with Crippen LogP contribution < -0.4 is 10.6 Å². The van der Waals surface area contributed by atoms with Gasteiger partial charge in [0.05, 0.1) is 6.54 Å². The van der Waals surface area contributed by atoms with Crippen LogP contribution in [-0.4, -0.2) is 35.8 Å². The quantitative estimate of drug-likeness (QED) is 0.631. The van der Waals surface area contributed by atoms with E-state index in [0.717, 1.165) is 29.7 Å². The largest absolute Gasteiger partial charge is 0.344 e. The lowest BCUT2D eigenvalue weighted by Gasteiger charge is -2.23. The fraction of sp³-hybridized carbons (Fsp3) is 0.389. The van der Waals surface area contributed by atoms with Gasteiger partial charge in [-0.2, -0.15) is 0 Å². The molecule has 4 amide bonds. The maximum Gasteiger partial charge on any atom is 0.325 e. The van der Waals surface area contributed by atoms with Crippen LogP contribution in [0.2, 0.25) is 0 Å². The second-order valence-electron chi connectivity index (χ2n) is 6.26. The van der Waals surface area contributed by atoms with Crippen LogP contribution in [-0.2, 0) is 28.0 Å². The molecule has 1 aliphatic carbocycles. The van der Waals surface area contributed by atoms with Gasteiger partial charge in [0.1, 0.15) is 12.1 Å². The summed E-state index contributed by atoms with van der Waals surface area (Å²) >= 11 is 0. The van der Waals surface area contributed by atoms with Gasteiger partial charge in [0, 0.05) is 0 Å². The molecule has 0 aromatic heterocycles. The van der Waals surface area contributed by atoms with Crippen LogP contribution in [0.1, 0.15) is 30.0 Å². The average molecular weight is 325 g/mol. The highest BCUT2D eigenvalue weighted by atomic mass is 16.2. The second kappa shape index (κ2) is 6.00. The van der Waals surface area contributed by atoms with Gasteiger partial charge >= 0.3 is 6.03 Å². The third-order valence-electron chi connectivity index (χ3n) is 4.64. The lowest BCUT2D eigenvalue weighted by atomic mass is 9.89. The molecule has 1 fully saturated rings. The minimum absolute atomic E-state index is 0.0601. The number of hydrogen-bond donors (Lipinski definition) is 2. The Kier molecular flexibility index (Phi) is 4.02. The van der Waals surface area contributed by atoms with E-state index in [4.69, 9.17) is 6.42 Å². The van der Waals surface area contributed by atoms with Crippen LogP contribution in [0.25, 0.3) is 0 Å². The summed E-state index contributed by atoms with van der Waals surface area (Å²) in [5, 5.41) is 5.17. The monoisotopic (exact) mass is 325 g/mol. The summed E-state index contributed by atoms with van der Waals surface area (Å²) in [6, 6.07) is 5.32. The van der Waals surface area contributed by atoms with Crippen molar-refractivity contribution < 1.29 is 14.4 Å². The molecular weight excluding hydrogens is 306 g/mol. The zero-order valence-electron chi connectivity index (χ0n) is 13.5. The number of amides is 4. The average Bonchev–Trinajstić information content (AvgIpc) is 3.11. The molecule has 24 heavy (non-hydrogen) atoms. The number of imide groups is 1. The maximum absolute atomic E-state index is 12.8. The van der Waals surface area contributed by atoms with Gasteiger partial charge in [-0.1, -0.05) is 24.1 Å². The molecule has 1 saturated heterocycles. The van der Waals surface area contributed by atoms with Gasteiger partial charge in [-0.25, -0.2) is 4.79 Å². The molecule has 1 aromatic carbocycles. The highest BCUT2D eigenvalue weighted by Gasteiger charge is 2.49. The van der Waals surface area contributed by atoms with Crippen LogP contribution in [0.5, 0.6) is 0 Å². The number of nitrogens with one attached hydrogen (secondary N) is 2. The van der Waals surface area contributed by atoms with Gasteiger partial charge in [-0.15, -0.1) is 6.42 Å². The molecule has 0 bridgehead atoms. The predicted molar refractivity (Wildman–Crippen MR) is 87.9 cm³/mol. The van der Waals surface area contributed by atoms with Crippen LogP contribution >= 0.6 is 0 Å². The van der Waals surface area contributed by atoms with Crippen molar-refractivity contribution in [3.63, 3.8) is 0 Å². The van der Waals surface area contributed by atoms with E-state index in [1.807, 2.05) is 18.2 Å². The van der Waals surface area contributed by atoms with Gasteiger partial charge in [0.2, 0.25) is 5.91 Å². The van der Waals surface area contributed by atoms with E-state index < -0.39 is 23.4 Å². The summed E-state index contributed by atoms with van der Waals surface area (Å²) in [5.74, 6) is 1.38. The molecule has 0 saturated carbocycles. The standard InChI is InChI=1S/C18H19N3O3/c1-3-9-19-15(22)11-21-16(23)18(2,20-17(21)24)14-8-7-12-5-4-6-13(12)10-14/h1,7-8,10H,4-6,9,11H2,2H3,(H,19,22)(H,20,24).